The van der Waals surface area contributed by atoms with Crippen molar-refractivity contribution < 1.29 is 67.1 Å². The van der Waals surface area contributed by atoms with Crippen LogP contribution in [-0.2, 0) is 6.42 Å². The van der Waals surface area contributed by atoms with Crippen LogP contribution in [0.1, 0.15) is 79.5 Å². The summed E-state index contributed by atoms with van der Waals surface area (Å²) < 4.78 is 0. The molecule has 0 radical (unpaired) electrons. The summed E-state index contributed by atoms with van der Waals surface area (Å²) >= 11 is 0. The van der Waals surface area contributed by atoms with Gasteiger partial charge in [0.15, 0.2) is 0 Å². The zero-order valence-electron chi connectivity index (χ0n) is 16.5. The molecule has 0 aromatic heterocycles. The van der Waals surface area contributed by atoms with Crippen LogP contribution in [0.25, 0.3) is 0 Å². The predicted octanol–water partition coefficient (Wildman–Crippen LogP) is 0.0886. The molecule has 0 aliphatic carbocycles. The van der Waals surface area contributed by atoms with Crippen LogP contribution in [-0.4, -0.2) is 5.11 Å². The van der Waals surface area contributed by atoms with Gasteiger partial charge in [-0.1, -0.05) is 76.8 Å². The van der Waals surface area contributed by atoms with Gasteiger partial charge in [-0.15, -0.1) is 0 Å². The van der Waals surface area contributed by atoms with Gasteiger partial charge in [0.1, 0.15) is 5.75 Å². The minimum atomic E-state index is 0. The van der Waals surface area contributed by atoms with Gasteiger partial charge < -0.3 is 7.96 Å². The van der Waals surface area contributed by atoms with Gasteiger partial charge in [-0.2, -0.15) is 0 Å². The van der Waals surface area contributed by atoms with Gasteiger partial charge in [-0.3, -0.25) is 0 Å². The van der Waals surface area contributed by atoms with E-state index in [0.29, 0.717) is 5.75 Å². The zero-order valence-corrected chi connectivity index (χ0v) is 18.5. The number of rotatable bonds is 11. The second-order valence-corrected chi connectivity index (χ2v) is 5.60. The first-order valence-electron chi connectivity index (χ1n) is 8.11. The molecule has 0 spiro atoms. The maximum Gasteiger partial charge on any atom is 1.00 e. The molecule has 0 aliphatic heterocycles. The van der Waals surface area contributed by atoms with Gasteiger partial charge in [0.05, 0.1) is 0 Å². The van der Waals surface area contributed by atoms with Crippen LogP contribution in [0, 0.1) is 0 Å². The molecule has 0 saturated carbocycles. The average molecular weight is 310 g/mol. The van der Waals surface area contributed by atoms with Gasteiger partial charge in [-0.05, 0) is 30.5 Å². The molecular weight excluding hydrogens is 278 g/mol. The van der Waals surface area contributed by atoms with Crippen molar-refractivity contribution in [2.24, 2.45) is 0 Å². The van der Waals surface area contributed by atoms with E-state index in [2.05, 4.69) is 6.92 Å². The largest absolute Gasteiger partial charge is 1.00 e. The van der Waals surface area contributed by atoms with Crippen molar-refractivity contribution in [1.82, 2.24) is 0 Å². The van der Waals surface area contributed by atoms with Crippen LogP contribution in [0.2, 0.25) is 0 Å². The molecule has 112 valence electrons. The van der Waals surface area contributed by atoms with Crippen LogP contribution in [0.15, 0.2) is 24.3 Å². The Morgan fingerprint density at radius 2 is 1.14 bits per heavy atom. The molecule has 0 bridgehead atoms. The summed E-state index contributed by atoms with van der Waals surface area (Å²) in [6.45, 7) is 2.27. The SMILES string of the molecule is CCCCCCCCCCCCc1ccc(O)cc1.[H-].[H-].[Na+].[Na+]. The molecule has 0 atom stereocenters. The summed E-state index contributed by atoms with van der Waals surface area (Å²) in [4.78, 5) is 0. The fraction of sp³-hybridized carbons (Fsp3) is 0.667. The molecule has 0 heterocycles. The summed E-state index contributed by atoms with van der Waals surface area (Å²) in [5, 5.41) is 9.20. The maximum absolute atomic E-state index is 9.20. The number of aromatic hydroxyl groups is 1. The van der Waals surface area contributed by atoms with Crippen molar-refractivity contribution in [2.45, 2.75) is 77.6 Å². The third-order valence-electron chi connectivity index (χ3n) is 3.76. The van der Waals surface area contributed by atoms with Gasteiger partial charge in [0, 0.05) is 0 Å². The average Bonchev–Trinajstić information content (AvgIpc) is 2.43. The number of hydrogen-bond acceptors (Lipinski definition) is 1. The summed E-state index contributed by atoms with van der Waals surface area (Å²) in [5.41, 5.74) is 1.34. The Kier molecular flexibility index (Phi) is 20.1. The smallest absolute Gasteiger partial charge is 1.00 e. The molecule has 1 nitrogen and oxygen atoms in total. The number of hydrogen-bond donors (Lipinski definition) is 1. The van der Waals surface area contributed by atoms with Gasteiger partial charge in [-0.25, -0.2) is 0 Å². The van der Waals surface area contributed by atoms with Gasteiger partial charge >= 0.3 is 59.1 Å². The van der Waals surface area contributed by atoms with E-state index >= 15 is 0 Å². The molecule has 1 aromatic rings. The van der Waals surface area contributed by atoms with E-state index < -0.39 is 0 Å². The molecule has 0 saturated heterocycles. The molecule has 3 heteroatoms. The van der Waals surface area contributed by atoms with Gasteiger partial charge in [0.2, 0.25) is 0 Å². The predicted molar refractivity (Wildman–Crippen MR) is 85.9 cm³/mol. The van der Waals surface area contributed by atoms with Crippen molar-refractivity contribution in [3.63, 3.8) is 0 Å². The third-order valence-corrected chi connectivity index (χ3v) is 3.76. The molecule has 21 heavy (non-hydrogen) atoms. The Bertz CT molecular complexity index is 321. The van der Waals surface area contributed by atoms with E-state index in [1.807, 2.05) is 12.1 Å². The summed E-state index contributed by atoms with van der Waals surface area (Å²) in [6, 6.07) is 7.63. The maximum atomic E-state index is 9.20. The second-order valence-electron chi connectivity index (χ2n) is 5.60. The number of benzene rings is 1. The molecule has 1 N–H and O–H groups in total. The number of phenolic OH excluding ortho intramolecular Hbond substituents is 1. The first kappa shape index (κ1) is 24.3. The Balaban J connectivity index is -0.000000451. The van der Waals surface area contributed by atoms with Crippen LogP contribution in [0.4, 0.5) is 0 Å². The van der Waals surface area contributed by atoms with Crippen LogP contribution < -0.4 is 59.1 Å². The molecule has 0 amide bonds. The molecule has 0 fully saturated rings. The van der Waals surface area contributed by atoms with E-state index in [1.54, 1.807) is 12.1 Å². The summed E-state index contributed by atoms with van der Waals surface area (Å²) in [7, 11) is 0. The monoisotopic (exact) mass is 310 g/mol. The van der Waals surface area contributed by atoms with E-state index in [1.165, 1.54) is 69.8 Å². The zero-order chi connectivity index (χ0) is 13.8. The molecular formula is C18H32Na2O. The molecule has 1 aromatic carbocycles. The minimum Gasteiger partial charge on any atom is -1.00 e. The van der Waals surface area contributed by atoms with Crippen molar-refractivity contribution in [3.05, 3.63) is 29.8 Å². The first-order chi connectivity index (χ1) is 9.33. The number of aryl methyl sites for hydroxylation is 1. The fourth-order valence-corrected chi connectivity index (χ4v) is 2.48. The standard InChI is InChI=1S/C18H30O.2Na.2H/c1-2-3-4-5-6-7-8-9-10-11-12-17-13-15-18(19)16-14-17;;;;/h13-16,19H,2-12H2,1H3;;;;/q;2*+1;2*-1. The third kappa shape index (κ3) is 14.3. The molecule has 0 aliphatic rings. The van der Waals surface area contributed by atoms with Gasteiger partial charge in [0.25, 0.3) is 0 Å². The van der Waals surface area contributed by atoms with Crippen molar-refractivity contribution in [3.8, 4) is 5.75 Å². The Labute approximate surface area is 178 Å². The second kappa shape index (κ2) is 17.4. The fourth-order valence-electron chi connectivity index (χ4n) is 2.48. The number of unbranched alkanes of at least 4 members (excludes halogenated alkanes) is 9. The van der Waals surface area contributed by atoms with Crippen LogP contribution in [0.5, 0.6) is 5.75 Å². The van der Waals surface area contributed by atoms with Crippen molar-refractivity contribution >= 4 is 0 Å². The van der Waals surface area contributed by atoms with E-state index in [9.17, 15) is 5.11 Å². The van der Waals surface area contributed by atoms with Crippen molar-refractivity contribution in [1.29, 1.82) is 0 Å². The topological polar surface area (TPSA) is 20.2 Å². The Morgan fingerprint density at radius 3 is 1.62 bits per heavy atom. The van der Waals surface area contributed by atoms with Crippen molar-refractivity contribution in [2.75, 3.05) is 0 Å². The van der Waals surface area contributed by atoms with Crippen LogP contribution >= 0.6 is 0 Å². The van der Waals surface area contributed by atoms with E-state index in [4.69, 9.17) is 0 Å². The summed E-state index contributed by atoms with van der Waals surface area (Å²) in [5.74, 6) is 0.367. The number of phenols is 1. The Hall–Kier alpha value is 1.02. The Morgan fingerprint density at radius 1 is 0.714 bits per heavy atom. The van der Waals surface area contributed by atoms with E-state index in [-0.39, 0.29) is 62.0 Å². The minimum absolute atomic E-state index is 0. The molecule has 0 unspecified atom stereocenters. The normalized spacial score (nSPS) is 9.76. The van der Waals surface area contributed by atoms with E-state index in [0.717, 1.165) is 6.42 Å². The first-order valence-corrected chi connectivity index (χ1v) is 8.11. The summed E-state index contributed by atoms with van der Waals surface area (Å²) in [6.07, 6.45) is 15.0. The molecule has 1 rings (SSSR count). The van der Waals surface area contributed by atoms with Crippen LogP contribution in [0.3, 0.4) is 0 Å². The quantitative estimate of drug-likeness (QED) is 0.454.